The van der Waals surface area contributed by atoms with Crippen molar-refractivity contribution in [1.82, 2.24) is 10.2 Å². The molecule has 3 rings (SSSR count). The van der Waals surface area contributed by atoms with Crippen molar-refractivity contribution in [3.63, 3.8) is 0 Å². The number of benzene rings is 2. The Balaban J connectivity index is 1.84. The van der Waals surface area contributed by atoms with Gasteiger partial charge in [-0.1, -0.05) is 48.5 Å². The first-order valence-corrected chi connectivity index (χ1v) is 8.46. The molecule has 0 spiro atoms. The summed E-state index contributed by atoms with van der Waals surface area (Å²) in [6.45, 7) is 2.12. The molecular weight excluding hydrogens is 300 g/mol. The van der Waals surface area contributed by atoms with E-state index in [-0.39, 0.29) is 24.7 Å². The largest absolute Gasteiger partial charge is 0.396 e. The molecule has 2 aromatic rings. The summed E-state index contributed by atoms with van der Waals surface area (Å²) in [6, 6.07) is 16.4. The molecule has 0 aromatic heterocycles. The molecule has 1 aliphatic rings. The van der Waals surface area contributed by atoms with Crippen molar-refractivity contribution in [2.75, 3.05) is 13.7 Å². The Hall–Kier alpha value is -2.33. The van der Waals surface area contributed by atoms with Gasteiger partial charge in [0.1, 0.15) is 0 Å². The van der Waals surface area contributed by atoms with Gasteiger partial charge in [0.25, 0.3) is 0 Å². The molecule has 0 heterocycles. The lowest BCUT2D eigenvalue weighted by Crippen LogP contribution is -2.43. The van der Waals surface area contributed by atoms with Crippen molar-refractivity contribution in [3.05, 3.63) is 59.7 Å². The molecule has 1 unspecified atom stereocenters. The molecule has 1 atom stereocenters. The third-order valence-corrected chi connectivity index (χ3v) is 4.67. The highest BCUT2D eigenvalue weighted by Crippen LogP contribution is 2.45. The Morgan fingerprint density at radius 3 is 2.21 bits per heavy atom. The van der Waals surface area contributed by atoms with E-state index in [1.807, 2.05) is 38.2 Å². The van der Waals surface area contributed by atoms with Gasteiger partial charge in [0.2, 0.25) is 0 Å². The first kappa shape index (κ1) is 16.5. The molecule has 0 fully saturated rings. The number of hydrogen-bond donors (Lipinski definition) is 2. The van der Waals surface area contributed by atoms with Crippen LogP contribution < -0.4 is 5.32 Å². The molecule has 126 valence electrons. The maximum absolute atomic E-state index is 12.7. The third-order valence-electron chi connectivity index (χ3n) is 4.67. The number of nitrogens with zero attached hydrogens (tertiary/aromatic N) is 1. The second-order valence-corrected chi connectivity index (χ2v) is 6.40. The van der Waals surface area contributed by atoms with Crippen LogP contribution in [0.2, 0.25) is 0 Å². The fourth-order valence-electron chi connectivity index (χ4n) is 3.45. The zero-order chi connectivity index (χ0) is 17.1. The number of fused-ring (bicyclic) bond motifs is 3. The van der Waals surface area contributed by atoms with Gasteiger partial charge in [0.05, 0.1) is 6.04 Å². The van der Waals surface area contributed by atoms with Gasteiger partial charge < -0.3 is 15.3 Å². The summed E-state index contributed by atoms with van der Waals surface area (Å²) in [5, 5.41) is 12.0. The summed E-state index contributed by atoms with van der Waals surface area (Å²) in [6.07, 6.45) is 1.47. The third kappa shape index (κ3) is 3.02. The van der Waals surface area contributed by atoms with Crippen molar-refractivity contribution in [2.45, 2.75) is 31.8 Å². The van der Waals surface area contributed by atoms with Gasteiger partial charge in [-0.25, -0.2) is 4.79 Å². The molecule has 24 heavy (non-hydrogen) atoms. The van der Waals surface area contributed by atoms with E-state index in [1.165, 1.54) is 22.3 Å². The number of hydrogen-bond acceptors (Lipinski definition) is 2. The Morgan fingerprint density at radius 1 is 1.12 bits per heavy atom. The minimum Gasteiger partial charge on any atom is -0.396 e. The molecule has 0 saturated carbocycles. The second kappa shape index (κ2) is 7.05. The van der Waals surface area contributed by atoms with Gasteiger partial charge >= 0.3 is 6.03 Å². The van der Waals surface area contributed by atoms with Crippen LogP contribution in [0.25, 0.3) is 11.1 Å². The maximum atomic E-state index is 12.7. The van der Waals surface area contributed by atoms with Crippen molar-refractivity contribution in [2.24, 2.45) is 0 Å². The normalized spacial score (nSPS) is 14.0. The van der Waals surface area contributed by atoms with Crippen LogP contribution in [0.5, 0.6) is 0 Å². The standard InChI is InChI=1S/C20H24N2O2/c1-14(8-7-13-23)21-20(24)22(2)19-17-11-5-3-9-15(17)16-10-4-6-12-18(16)19/h3-6,9-12,14,19,23H,7-8,13H2,1-2H3,(H,21,24). The number of carbonyl (C=O) groups excluding carboxylic acids is 1. The van der Waals surface area contributed by atoms with Crippen molar-refractivity contribution in [3.8, 4) is 11.1 Å². The summed E-state index contributed by atoms with van der Waals surface area (Å²) in [4.78, 5) is 14.5. The Bertz CT molecular complexity index is 684. The summed E-state index contributed by atoms with van der Waals surface area (Å²) >= 11 is 0. The molecule has 4 nitrogen and oxygen atoms in total. The molecular formula is C20H24N2O2. The van der Waals surface area contributed by atoms with Gasteiger partial charge in [-0.3, -0.25) is 0 Å². The summed E-state index contributed by atoms with van der Waals surface area (Å²) in [5.41, 5.74) is 4.73. The molecule has 0 radical (unpaired) electrons. The van der Waals surface area contributed by atoms with Crippen molar-refractivity contribution >= 4 is 6.03 Å². The van der Waals surface area contributed by atoms with Gasteiger partial charge in [0, 0.05) is 19.7 Å². The van der Waals surface area contributed by atoms with Crippen LogP contribution in [0.15, 0.2) is 48.5 Å². The molecule has 2 aromatic carbocycles. The SMILES string of the molecule is CC(CCCO)NC(=O)N(C)C1c2ccccc2-c2ccccc21. The molecule has 0 aliphatic heterocycles. The monoisotopic (exact) mass is 324 g/mol. The number of carbonyl (C=O) groups is 1. The molecule has 0 bridgehead atoms. The Labute approximate surface area is 143 Å². The summed E-state index contributed by atoms with van der Waals surface area (Å²) in [5.74, 6) is 0. The lowest BCUT2D eigenvalue weighted by molar-refractivity contribution is 0.193. The van der Waals surface area contributed by atoms with E-state index >= 15 is 0 Å². The highest BCUT2D eigenvalue weighted by Gasteiger charge is 2.33. The Kier molecular flexibility index (Phi) is 4.86. The number of nitrogens with one attached hydrogen (secondary N) is 1. The molecule has 4 heteroatoms. The zero-order valence-corrected chi connectivity index (χ0v) is 14.2. The van der Waals surface area contributed by atoms with Crippen LogP contribution >= 0.6 is 0 Å². The lowest BCUT2D eigenvalue weighted by atomic mass is 10.0. The minimum atomic E-state index is -0.0862. The highest BCUT2D eigenvalue weighted by atomic mass is 16.3. The fourth-order valence-corrected chi connectivity index (χ4v) is 3.45. The van der Waals surface area contributed by atoms with E-state index in [9.17, 15) is 4.79 Å². The van der Waals surface area contributed by atoms with Gasteiger partial charge in [-0.15, -0.1) is 0 Å². The Morgan fingerprint density at radius 2 is 1.67 bits per heavy atom. The zero-order valence-electron chi connectivity index (χ0n) is 14.2. The van der Waals surface area contributed by atoms with Crippen LogP contribution in [-0.2, 0) is 0 Å². The highest BCUT2D eigenvalue weighted by molar-refractivity contribution is 5.82. The van der Waals surface area contributed by atoms with Crippen molar-refractivity contribution in [1.29, 1.82) is 0 Å². The van der Waals surface area contributed by atoms with E-state index in [0.29, 0.717) is 6.42 Å². The average molecular weight is 324 g/mol. The van der Waals surface area contributed by atoms with Gasteiger partial charge in [-0.05, 0) is 42.0 Å². The summed E-state index contributed by atoms with van der Waals surface area (Å²) < 4.78 is 0. The van der Waals surface area contributed by atoms with Crippen LogP contribution in [0.1, 0.15) is 36.9 Å². The van der Waals surface area contributed by atoms with Crippen LogP contribution in [-0.4, -0.2) is 35.7 Å². The molecule has 1 aliphatic carbocycles. The van der Waals surface area contributed by atoms with E-state index in [1.54, 1.807) is 4.90 Å². The summed E-state index contributed by atoms with van der Waals surface area (Å²) in [7, 11) is 1.84. The van der Waals surface area contributed by atoms with Crippen LogP contribution in [0, 0.1) is 0 Å². The topological polar surface area (TPSA) is 52.6 Å². The predicted octanol–water partition coefficient (Wildman–Crippen LogP) is 3.56. The van der Waals surface area contributed by atoms with Crippen LogP contribution in [0.3, 0.4) is 0 Å². The van der Waals surface area contributed by atoms with Crippen molar-refractivity contribution < 1.29 is 9.90 Å². The van der Waals surface area contributed by atoms with E-state index < -0.39 is 0 Å². The quantitative estimate of drug-likeness (QED) is 0.883. The molecule has 2 amide bonds. The number of aliphatic hydroxyl groups is 1. The van der Waals surface area contributed by atoms with Gasteiger partial charge in [0.15, 0.2) is 0 Å². The fraction of sp³-hybridized carbons (Fsp3) is 0.350. The van der Waals surface area contributed by atoms with E-state index in [4.69, 9.17) is 5.11 Å². The predicted molar refractivity (Wildman–Crippen MR) is 95.8 cm³/mol. The second-order valence-electron chi connectivity index (χ2n) is 6.40. The number of urea groups is 1. The smallest absolute Gasteiger partial charge is 0.318 e. The van der Waals surface area contributed by atoms with E-state index in [2.05, 4.69) is 29.6 Å². The molecule has 2 N–H and O–H groups in total. The van der Waals surface area contributed by atoms with Gasteiger partial charge in [-0.2, -0.15) is 0 Å². The number of rotatable bonds is 5. The average Bonchev–Trinajstić information content (AvgIpc) is 2.93. The lowest BCUT2D eigenvalue weighted by Gasteiger charge is -2.28. The first-order valence-electron chi connectivity index (χ1n) is 8.46. The minimum absolute atomic E-state index is 0.0407. The van der Waals surface area contributed by atoms with E-state index in [0.717, 1.165) is 6.42 Å². The van der Waals surface area contributed by atoms with Crippen LogP contribution in [0.4, 0.5) is 4.79 Å². The number of amides is 2. The first-order chi connectivity index (χ1) is 11.6. The number of aliphatic hydroxyl groups excluding tert-OH is 1. The maximum Gasteiger partial charge on any atom is 0.318 e. The molecule has 0 saturated heterocycles.